The summed E-state index contributed by atoms with van der Waals surface area (Å²) < 4.78 is 11.9. The largest absolute Gasteiger partial charge is 0.489 e. The molecule has 0 saturated carbocycles. The molecule has 0 N–H and O–H groups in total. The number of hydrogen-bond acceptors (Lipinski definition) is 4. The van der Waals surface area contributed by atoms with Gasteiger partial charge in [0, 0.05) is 16.3 Å². The number of rotatable bonds is 6. The van der Waals surface area contributed by atoms with Crippen molar-refractivity contribution in [2.75, 3.05) is 0 Å². The van der Waals surface area contributed by atoms with E-state index in [-0.39, 0.29) is 0 Å². The average molecular weight is 418 g/mol. The van der Waals surface area contributed by atoms with Crippen LogP contribution in [0.25, 0.3) is 22.0 Å². The Balaban J connectivity index is 1.37. The summed E-state index contributed by atoms with van der Waals surface area (Å²) in [6.45, 7) is 2.60. The third-order valence-corrected chi connectivity index (χ3v) is 5.27. The first kappa shape index (κ1) is 19.8. The van der Waals surface area contributed by atoms with E-state index in [0.717, 1.165) is 33.3 Å². The summed E-state index contributed by atoms with van der Waals surface area (Å²) in [5.74, 6) is 1.95. The molecule has 0 fully saturated rings. The van der Waals surface area contributed by atoms with Crippen LogP contribution in [-0.4, -0.2) is 10.2 Å². The predicted molar refractivity (Wildman–Crippen MR) is 127 cm³/mol. The molecule has 5 rings (SSSR count). The first-order valence-corrected chi connectivity index (χ1v) is 10.5. The van der Waals surface area contributed by atoms with Crippen LogP contribution in [0.1, 0.15) is 11.1 Å². The van der Waals surface area contributed by atoms with E-state index >= 15 is 0 Å². The molecule has 0 unspecified atom stereocenters. The van der Waals surface area contributed by atoms with Gasteiger partial charge in [0.25, 0.3) is 0 Å². The summed E-state index contributed by atoms with van der Waals surface area (Å²) >= 11 is 0. The molecule has 0 bridgehead atoms. The van der Waals surface area contributed by atoms with Gasteiger partial charge in [0.1, 0.15) is 23.8 Å². The molecule has 4 heteroatoms. The van der Waals surface area contributed by atoms with Gasteiger partial charge in [-0.2, -0.15) is 0 Å². The summed E-state index contributed by atoms with van der Waals surface area (Å²) in [6.07, 6.45) is 0. The zero-order chi connectivity index (χ0) is 21.8. The van der Waals surface area contributed by atoms with Gasteiger partial charge in [0.2, 0.25) is 5.88 Å². The number of ether oxygens (including phenoxy) is 2. The molecule has 0 atom stereocenters. The minimum atomic E-state index is 0.481. The Kier molecular flexibility index (Phi) is 5.50. The number of nitrogens with zero attached hydrogens (tertiary/aromatic N) is 2. The maximum absolute atomic E-state index is 6.09. The molecule has 0 aliphatic carbocycles. The molecule has 32 heavy (non-hydrogen) atoms. The van der Waals surface area contributed by atoms with Crippen molar-refractivity contribution in [2.45, 2.75) is 13.5 Å². The Morgan fingerprint density at radius 2 is 1.28 bits per heavy atom. The van der Waals surface area contributed by atoms with Gasteiger partial charge in [-0.25, -0.2) is 0 Å². The fourth-order valence-corrected chi connectivity index (χ4v) is 3.54. The highest BCUT2D eigenvalue weighted by molar-refractivity contribution is 5.97. The Morgan fingerprint density at radius 3 is 2.03 bits per heavy atom. The number of aryl methyl sites for hydroxylation is 1. The Labute approximate surface area is 187 Å². The Bertz CT molecular complexity index is 1330. The highest BCUT2D eigenvalue weighted by atomic mass is 16.5. The zero-order valence-electron chi connectivity index (χ0n) is 17.7. The van der Waals surface area contributed by atoms with Crippen molar-refractivity contribution in [1.82, 2.24) is 10.2 Å². The van der Waals surface area contributed by atoms with E-state index in [1.807, 2.05) is 78.9 Å². The summed E-state index contributed by atoms with van der Waals surface area (Å²) in [4.78, 5) is 0. The molecule has 156 valence electrons. The zero-order valence-corrected chi connectivity index (χ0v) is 17.7. The molecule has 4 aromatic carbocycles. The average Bonchev–Trinajstić information content (AvgIpc) is 2.85. The van der Waals surface area contributed by atoms with Gasteiger partial charge in [-0.15, -0.1) is 10.2 Å². The Morgan fingerprint density at radius 1 is 0.625 bits per heavy atom. The van der Waals surface area contributed by atoms with E-state index < -0.39 is 0 Å². The lowest BCUT2D eigenvalue weighted by Gasteiger charge is -2.11. The van der Waals surface area contributed by atoms with Crippen LogP contribution in [-0.2, 0) is 6.61 Å². The van der Waals surface area contributed by atoms with Gasteiger partial charge in [0.05, 0.1) is 0 Å². The summed E-state index contributed by atoms with van der Waals surface area (Å²) in [6, 6.07) is 34.0. The molecule has 0 saturated heterocycles. The lowest BCUT2D eigenvalue weighted by Crippen LogP contribution is -1.97. The number of fused-ring (bicyclic) bond motifs is 1. The van der Waals surface area contributed by atoms with Crippen molar-refractivity contribution in [3.05, 3.63) is 114 Å². The van der Waals surface area contributed by atoms with Gasteiger partial charge in [-0.1, -0.05) is 78.4 Å². The third-order valence-electron chi connectivity index (χ3n) is 5.27. The van der Waals surface area contributed by atoms with Crippen molar-refractivity contribution in [2.24, 2.45) is 0 Å². The first-order valence-electron chi connectivity index (χ1n) is 10.5. The van der Waals surface area contributed by atoms with Crippen LogP contribution in [0, 0.1) is 6.92 Å². The number of aromatic nitrogens is 2. The molecule has 0 amide bonds. The van der Waals surface area contributed by atoms with Crippen LogP contribution in [0.4, 0.5) is 0 Å². The van der Waals surface area contributed by atoms with Gasteiger partial charge < -0.3 is 9.47 Å². The van der Waals surface area contributed by atoms with Crippen LogP contribution in [0.3, 0.4) is 0 Å². The number of benzene rings is 4. The minimum absolute atomic E-state index is 0.481. The van der Waals surface area contributed by atoms with Gasteiger partial charge in [-0.3, -0.25) is 0 Å². The van der Waals surface area contributed by atoms with Crippen molar-refractivity contribution in [1.29, 1.82) is 0 Å². The Hall–Kier alpha value is -4.18. The predicted octanol–water partition coefficient (Wildman–Crippen LogP) is 6.98. The second kappa shape index (κ2) is 8.90. The molecular weight excluding hydrogens is 396 g/mol. The molecule has 1 aromatic heterocycles. The van der Waals surface area contributed by atoms with Crippen LogP contribution in [0.15, 0.2) is 103 Å². The molecule has 0 spiro atoms. The van der Waals surface area contributed by atoms with E-state index in [9.17, 15) is 0 Å². The van der Waals surface area contributed by atoms with E-state index in [0.29, 0.717) is 18.2 Å². The highest BCUT2D eigenvalue weighted by Gasteiger charge is 2.12. The van der Waals surface area contributed by atoms with E-state index in [4.69, 9.17) is 9.47 Å². The summed E-state index contributed by atoms with van der Waals surface area (Å²) in [5, 5.41) is 10.8. The van der Waals surface area contributed by atoms with Crippen molar-refractivity contribution < 1.29 is 9.47 Å². The lowest BCUT2D eigenvalue weighted by molar-refractivity contribution is 0.305. The fraction of sp³-hybridized carbons (Fsp3) is 0.0714. The summed E-state index contributed by atoms with van der Waals surface area (Å²) in [7, 11) is 0. The molecule has 0 aliphatic rings. The quantitative estimate of drug-likeness (QED) is 0.298. The molecule has 4 nitrogen and oxygen atoms in total. The maximum atomic E-state index is 6.09. The topological polar surface area (TPSA) is 44.2 Å². The van der Waals surface area contributed by atoms with Crippen LogP contribution < -0.4 is 9.47 Å². The minimum Gasteiger partial charge on any atom is -0.489 e. The molecule has 0 radical (unpaired) electrons. The van der Waals surface area contributed by atoms with Crippen molar-refractivity contribution in [3.8, 4) is 28.6 Å². The third kappa shape index (κ3) is 4.30. The van der Waals surface area contributed by atoms with Gasteiger partial charge >= 0.3 is 0 Å². The highest BCUT2D eigenvalue weighted by Crippen LogP contribution is 2.33. The second-order valence-electron chi connectivity index (χ2n) is 7.61. The van der Waals surface area contributed by atoms with Crippen LogP contribution in [0.2, 0.25) is 0 Å². The van der Waals surface area contributed by atoms with Crippen LogP contribution >= 0.6 is 0 Å². The lowest BCUT2D eigenvalue weighted by atomic mass is 10.0. The normalized spacial score (nSPS) is 10.8. The molecule has 5 aromatic rings. The van der Waals surface area contributed by atoms with Crippen LogP contribution in [0.5, 0.6) is 17.4 Å². The van der Waals surface area contributed by atoms with Gasteiger partial charge in [0.15, 0.2) is 0 Å². The second-order valence-corrected chi connectivity index (χ2v) is 7.61. The molecular formula is C28H22N2O2. The molecule has 1 heterocycles. The standard InChI is InChI=1S/C28H22N2O2/c1-20-11-13-22(14-12-20)27-25-9-5-6-10-26(25)28(30-29-27)32-24-17-15-23(16-18-24)31-19-21-7-3-2-4-8-21/h2-18H,19H2,1H3. The van der Waals surface area contributed by atoms with E-state index in [2.05, 4.69) is 41.4 Å². The first-order chi connectivity index (χ1) is 15.8. The fourth-order valence-electron chi connectivity index (χ4n) is 3.54. The molecule has 0 aliphatic heterocycles. The van der Waals surface area contributed by atoms with Crippen molar-refractivity contribution in [3.63, 3.8) is 0 Å². The van der Waals surface area contributed by atoms with E-state index in [1.54, 1.807) is 0 Å². The number of hydrogen-bond donors (Lipinski definition) is 0. The smallest absolute Gasteiger partial charge is 0.246 e. The monoisotopic (exact) mass is 418 g/mol. The van der Waals surface area contributed by atoms with Gasteiger partial charge in [-0.05, 0) is 42.8 Å². The summed E-state index contributed by atoms with van der Waals surface area (Å²) in [5.41, 5.74) is 4.22. The SMILES string of the molecule is Cc1ccc(-c2nnc(Oc3ccc(OCc4ccccc4)cc3)c3ccccc23)cc1. The van der Waals surface area contributed by atoms with Crippen molar-refractivity contribution >= 4 is 10.8 Å². The van der Waals surface area contributed by atoms with E-state index in [1.165, 1.54) is 5.56 Å². The maximum Gasteiger partial charge on any atom is 0.246 e.